The van der Waals surface area contributed by atoms with Gasteiger partial charge < -0.3 is 9.73 Å². The second-order valence-corrected chi connectivity index (χ2v) is 9.29. The van der Waals surface area contributed by atoms with Gasteiger partial charge in [-0.3, -0.25) is 9.69 Å². The van der Waals surface area contributed by atoms with E-state index in [9.17, 15) is 13.2 Å². The molecule has 1 N–H and O–H groups in total. The number of nitrogens with one attached hydrogen (secondary N) is 1. The van der Waals surface area contributed by atoms with Crippen LogP contribution < -0.4 is 5.32 Å². The first-order valence-corrected chi connectivity index (χ1v) is 10.8. The first kappa shape index (κ1) is 21.4. The molecule has 1 saturated heterocycles. The van der Waals surface area contributed by atoms with E-state index in [1.807, 2.05) is 19.1 Å². The molecule has 1 aromatic heterocycles. The average molecular weight is 422 g/mol. The van der Waals surface area contributed by atoms with Gasteiger partial charge in [-0.2, -0.15) is 17.0 Å². The molecule has 10 heteroatoms. The fraction of sp³-hybridized carbons (Fsp3) is 0.474. The lowest BCUT2D eigenvalue weighted by atomic mass is 10.1. The first-order valence-electron chi connectivity index (χ1n) is 9.41. The van der Waals surface area contributed by atoms with Crippen LogP contribution >= 0.6 is 0 Å². The van der Waals surface area contributed by atoms with Crippen molar-refractivity contribution in [3.63, 3.8) is 0 Å². The molecule has 1 amide bonds. The second-order valence-electron chi connectivity index (χ2n) is 7.14. The van der Waals surface area contributed by atoms with Crippen molar-refractivity contribution < 1.29 is 17.6 Å². The number of rotatable bonds is 6. The van der Waals surface area contributed by atoms with E-state index in [1.165, 1.54) is 8.61 Å². The lowest BCUT2D eigenvalue weighted by Crippen LogP contribution is -2.51. The Balaban J connectivity index is 1.65. The van der Waals surface area contributed by atoms with E-state index in [0.717, 1.165) is 17.0 Å². The summed E-state index contributed by atoms with van der Waals surface area (Å²) in [6.45, 7) is 4.64. The van der Waals surface area contributed by atoms with E-state index >= 15 is 0 Å². The van der Waals surface area contributed by atoms with Gasteiger partial charge in [-0.1, -0.05) is 0 Å². The number of piperazine rings is 1. The van der Waals surface area contributed by atoms with E-state index in [4.69, 9.17) is 4.42 Å². The van der Waals surface area contributed by atoms with Crippen molar-refractivity contribution in [2.24, 2.45) is 0 Å². The van der Waals surface area contributed by atoms with Crippen molar-refractivity contribution in [1.29, 1.82) is 0 Å². The Kier molecular flexibility index (Phi) is 6.37. The van der Waals surface area contributed by atoms with Crippen LogP contribution in [0.25, 0.3) is 11.5 Å². The maximum absolute atomic E-state index is 12.2. The maximum Gasteiger partial charge on any atom is 0.281 e. The van der Waals surface area contributed by atoms with Gasteiger partial charge in [0, 0.05) is 65.0 Å². The molecule has 0 radical (unpaired) electrons. The highest BCUT2D eigenvalue weighted by molar-refractivity contribution is 7.86. The molecule has 1 aromatic carbocycles. The number of hydrogen-bond acceptors (Lipinski definition) is 6. The van der Waals surface area contributed by atoms with Crippen LogP contribution in [-0.4, -0.2) is 80.1 Å². The molecule has 0 aliphatic carbocycles. The van der Waals surface area contributed by atoms with Gasteiger partial charge in [0.05, 0.1) is 5.69 Å². The van der Waals surface area contributed by atoms with Gasteiger partial charge in [0.15, 0.2) is 0 Å². The molecule has 0 unspecified atom stereocenters. The summed E-state index contributed by atoms with van der Waals surface area (Å²) in [4.78, 5) is 18.5. The summed E-state index contributed by atoms with van der Waals surface area (Å²) >= 11 is 0. The van der Waals surface area contributed by atoms with Gasteiger partial charge in [0.1, 0.15) is 5.76 Å². The zero-order chi connectivity index (χ0) is 21.2. The SMILES string of the molecule is CNC(=O)c1ccc(-c2nc(CN3CCN(S(=O)(=O)N(C)C)CC3)c(C)o2)cc1. The van der Waals surface area contributed by atoms with Gasteiger partial charge in [-0.25, -0.2) is 4.98 Å². The summed E-state index contributed by atoms with van der Waals surface area (Å²) in [5.41, 5.74) is 2.21. The quantitative estimate of drug-likeness (QED) is 0.745. The molecule has 2 aromatic rings. The molecule has 9 nitrogen and oxygen atoms in total. The number of carbonyl (C=O) groups is 1. The van der Waals surface area contributed by atoms with Crippen molar-refractivity contribution in [3.8, 4) is 11.5 Å². The molecular formula is C19H27N5O4S. The van der Waals surface area contributed by atoms with E-state index in [-0.39, 0.29) is 5.91 Å². The Morgan fingerprint density at radius 1 is 1.17 bits per heavy atom. The van der Waals surface area contributed by atoms with Gasteiger partial charge in [0.2, 0.25) is 5.89 Å². The number of hydrogen-bond donors (Lipinski definition) is 1. The minimum atomic E-state index is -3.37. The maximum atomic E-state index is 12.2. The van der Waals surface area contributed by atoms with Crippen molar-refractivity contribution >= 4 is 16.1 Å². The summed E-state index contributed by atoms with van der Waals surface area (Å²) in [5.74, 6) is 1.10. The summed E-state index contributed by atoms with van der Waals surface area (Å²) < 4.78 is 33.0. The zero-order valence-electron chi connectivity index (χ0n) is 17.2. The number of benzene rings is 1. The smallest absolute Gasteiger partial charge is 0.281 e. The lowest BCUT2D eigenvalue weighted by Gasteiger charge is -2.34. The molecule has 0 atom stereocenters. The number of oxazole rings is 1. The number of amides is 1. The van der Waals surface area contributed by atoms with Crippen LogP contribution in [0.15, 0.2) is 28.7 Å². The van der Waals surface area contributed by atoms with Crippen LogP contribution in [0.5, 0.6) is 0 Å². The first-order chi connectivity index (χ1) is 13.7. The summed E-state index contributed by atoms with van der Waals surface area (Å²) in [5, 5.41) is 2.59. The molecule has 0 saturated carbocycles. The van der Waals surface area contributed by atoms with Crippen molar-refractivity contribution in [2.45, 2.75) is 13.5 Å². The number of aromatic nitrogens is 1. The Bertz CT molecular complexity index is 961. The largest absolute Gasteiger partial charge is 0.441 e. The zero-order valence-corrected chi connectivity index (χ0v) is 18.0. The van der Waals surface area contributed by atoms with E-state index < -0.39 is 10.2 Å². The van der Waals surface area contributed by atoms with Crippen molar-refractivity contribution in [1.82, 2.24) is 23.8 Å². The average Bonchev–Trinajstić information content (AvgIpc) is 3.08. The van der Waals surface area contributed by atoms with Crippen LogP contribution in [0.2, 0.25) is 0 Å². The molecule has 158 valence electrons. The fourth-order valence-corrected chi connectivity index (χ4v) is 4.25. The number of carbonyl (C=O) groups excluding carboxylic acids is 1. The van der Waals surface area contributed by atoms with Crippen LogP contribution in [0.1, 0.15) is 21.8 Å². The van der Waals surface area contributed by atoms with Gasteiger partial charge in [-0.15, -0.1) is 0 Å². The molecule has 1 fully saturated rings. The molecule has 2 heterocycles. The third-order valence-electron chi connectivity index (χ3n) is 5.01. The van der Waals surface area contributed by atoms with Crippen LogP contribution in [0.3, 0.4) is 0 Å². The van der Waals surface area contributed by atoms with E-state index in [1.54, 1.807) is 33.3 Å². The Morgan fingerprint density at radius 2 is 1.79 bits per heavy atom. The van der Waals surface area contributed by atoms with E-state index in [2.05, 4.69) is 15.2 Å². The highest BCUT2D eigenvalue weighted by atomic mass is 32.2. The lowest BCUT2D eigenvalue weighted by molar-refractivity contribution is 0.0963. The minimum Gasteiger partial charge on any atom is -0.441 e. The predicted molar refractivity (Wildman–Crippen MR) is 110 cm³/mol. The summed E-state index contributed by atoms with van der Waals surface area (Å²) in [6.07, 6.45) is 0. The summed E-state index contributed by atoms with van der Waals surface area (Å²) in [6, 6.07) is 7.09. The normalized spacial score (nSPS) is 16.3. The highest BCUT2D eigenvalue weighted by Gasteiger charge is 2.29. The number of nitrogens with zero attached hydrogens (tertiary/aromatic N) is 4. The highest BCUT2D eigenvalue weighted by Crippen LogP contribution is 2.23. The molecule has 0 bridgehead atoms. The minimum absolute atomic E-state index is 0.142. The van der Waals surface area contributed by atoms with E-state index in [0.29, 0.717) is 44.2 Å². The Morgan fingerprint density at radius 3 is 2.34 bits per heavy atom. The topological polar surface area (TPSA) is 99.0 Å². The predicted octanol–water partition coefficient (Wildman–Crippen LogP) is 0.934. The van der Waals surface area contributed by atoms with Crippen molar-refractivity contribution in [2.75, 3.05) is 47.3 Å². The van der Waals surface area contributed by atoms with Crippen LogP contribution in [0.4, 0.5) is 0 Å². The number of aryl methyl sites for hydroxylation is 1. The molecule has 0 spiro atoms. The monoisotopic (exact) mass is 421 g/mol. The van der Waals surface area contributed by atoms with Crippen LogP contribution in [-0.2, 0) is 16.8 Å². The van der Waals surface area contributed by atoms with Gasteiger partial charge in [0.25, 0.3) is 16.1 Å². The molecular weight excluding hydrogens is 394 g/mol. The van der Waals surface area contributed by atoms with Crippen molar-refractivity contribution in [3.05, 3.63) is 41.3 Å². The molecule has 1 aliphatic rings. The van der Waals surface area contributed by atoms with Gasteiger partial charge >= 0.3 is 0 Å². The standard InChI is InChI=1S/C19H27N5O4S/c1-14-17(13-23-9-11-24(12-10-23)29(26,27)22(3)4)21-19(28-14)16-7-5-15(6-8-16)18(25)20-2/h5-8H,9-13H2,1-4H3,(H,20,25). The molecule has 3 rings (SSSR count). The Hall–Kier alpha value is -2.27. The second kappa shape index (κ2) is 8.62. The van der Waals surface area contributed by atoms with Crippen LogP contribution in [0, 0.1) is 6.92 Å². The fourth-order valence-electron chi connectivity index (χ4n) is 3.17. The molecule has 1 aliphatic heterocycles. The third kappa shape index (κ3) is 4.67. The Labute approximate surface area is 171 Å². The third-order valence-corrected chi connectivity index (χ3v) is 6.95. The molecule has 29 heavy (non-hydrogen) atoms. The van der Waals surface area contributed by atoms with Gasteiger partial charge in [-0.05, 0) is 31.2 Å². The summed E-state index contributed by atoms with van der Waals surface area (Å²) in [7, 11) is 1.31.